The lowest BCUT2D eigenvalue weighted by atomic mass is 10.0. The van der Waals surface area contributed by atoms with Crippen molar-refractivity contribution in [1.82, 2.24) is 15.1 Å². The fourth-order valence-electron chi connectivity index (χ4n) is 4.32. The van der Waals surface area contributed by atoms with Gasteiger partial charge in [-0.25, -0.2) is 0 Å². The van der Waals surface area contributed by atoms with Gasteiger partial charge in [-0.2, -0.15) is 0 Å². The lowest BCUT2D eigenvalue weighted by Crippen LogP contribution is -2.52. The zero-order valence-electron chi connectivity index (χ0n) is 21.1. The number of amides is 3. The summed E-state index contributed by atoms with van der Waals surface area (Å²) in [4.78, 5) is 40.2. The molecule has 8 heteroatoms. The molecule has 3 aliphatic rings. The van der Waals surface area contributed by atoms with Crippen molar-refractivity contribution in [2.45, 2.75) is 38.6 Å². The van der Waals surface area contributed by atoms with E-state index >= 15 is 0 Å². The number of piperidine rings is 1. The number of carbonyl (C=O) groups is 3. The van der Waals surface area contributed by atoms with Crippen LogP contribution in [0.3, 0.4) is 0 Å². The Hall–Kier alpha value is -3.23. The summed E-state index contributed by atoms with van der Waals surface area (Å²) in [6.45, 7) is 1.73. The molecule has 0 saturated carbocycles. The molecule has 0 spiro atoms. The number of hydrogen-bond donors (Lipinski definition) is 1. The molecular formula is C25H27N3O5. The predicted octanol–water partition coefficient (Wildman–Crippen LogP) is 1.86. The number of imide groups is 1. The second kappa shape index (κ2) is 9.33. The molecule has 3 heterocycles. The second-order valence-electron chi connectivity index (χ2n) is 8.31. The predicted molar refractivity (Wildman–Crippen MR) is 119 cm³/mol. The average molecular weight is 453 g/mol. The number of benzene rings is 2. The van der Waals surface area contributed by atoms with Crippen molar-refractivity contribution in [3.05, 3.63) is 64.7 Å². The smallest absolute Gasteiger partial charge is 0.255 e. The molecule has 2 unspecified atom stereocenters. The molecule has 2 saturated heterocycles. The molecule has 0 aromatic heterocycles. The molecule has 172 valence electrons. The summed E-state index contributed by atoms with van der Waals surface area (Å²) in [7, 11) is 0. The standard InChI is InChI=1S/C25H27N3O5/c29-23-9-8-21(24(30)26-23)28-15-20-19(25(28)31)2-1-3-22(20)33-16-18-6-4-17(5-7-18)14-27-10-12-32-13-11-27/h1-7,21H,8-16H2,(H,26,29,30)/i4D,5D,14D. The maximum atomic E-state index is 13.0. The van der Waals surface area contributed by atoms with E-state index in [-0.39, 0.29) is 49.9 Å². The molecule has 2 fully saturated rings. The van der Waals surface area contributed by atoms with Gasteiger partial charge in [-0.15, -0.1) is 0 Å². The summed E-state index contributed by atoms with van der Waals surface area (Å²) >= 11 is 0. The molecule has 2 aromatic carbocycles. The molecule has 0 aliphatic carbocycles. The topological polar surface area (TPSA) is 88.2 Å². The molecule has 0 radical (unpaired) electrons. The Morgan fingerprint density at radius 1 is 1.12 bits per heavy atom. The van der Waals surface area contributed by atoms with Gasteiger partial charge in [0.05, 0.1) is 22.5 Å². The van der Waals surface area contributed by atoms with E-state index in [4.69, 9.17) is 13.6 Å². The molecular weight excluding hydrogens is 422 g/mol. The quantitative estimate of drug-likeness (QED) is 0.674. The Morgan fingerprint density at radius 2 is 1.91 bits per heavy atom. The summed E-state index contributed by atoms with van der Waals surface area (Å²) < 4.78 is 36.8. The Balaban J connectivity index is 1.30. The van der Waals surface area contributed by atoms with Crippen molar-refractivity contribution in [2.75, 3.05) is 26.3 Å². The molecule has 5 rings (SSSR count). The van der Waals surface area contributed by atoms with E-state index < -0.39 is 18.5 Å². The molecule has 0 bridgehead atoms. The number of nitrogens with zero attached hydrogens (tertiary/aromatic N) is 2. The van der Waals surface area contributed by atoms with Crippen LogP contribution < -0.4 is 10.1 Å². The molecule has 33 heavy (non-hydrogen) atoms. The minimum absolute atomic E-state index is 0.0846. The van der Waals surface area contributed by atoms with Crippen LogP contribution in [-0.4, -0.2) is 59.9 Å². The molecule has 3 amide bonds. The lowest BCUT2D eigenvalue weighted by Gasteiger charge is -2.29. The van der Waals surface area contributed by atoms with Crippen LogP contribution in [0.5, 0.6) is 5.75 Å². The van der Waals surface area contributed by atoms with Crippen LogP contribution in [-0.2, 0) is 34.0 Å². The number of hydrogen-bond acceptors (Lipinski definition) is 6. The maximum absolute atomic E-state index is 13.0. The van der Waals surface area contributed by atoms with Crippen molar-refractivity contribution in [3.63, 3.8) is 0 Å². The summed E-state index contributed by atoms with van der Waals surface area (Å²) in [6, 6.07) is 7.89. The third kappa shape index (κ3) is 4.62. The first-order chi connectivity index (χ1) is 17.3. The first-order valence-electron chi connectivity index (χ1n) is 12.6. The number of ether oxygens (including phenoxy) is 2. The van der Waals surface area contributed by atoms with Gasteiger partial charge in [-0.3, -0.25) is 24.6 Å². The number of carbonyl (C=O) groups excluding carboxylic acids is 3. The van der Waals surface area contributed by atoms with Gasteiger partial charge in [0.2, 0.25) is 11.8 Å². The van der Waals surface area contributed by atoms with Gasteiger partial charge in [-0.05, 0) is 29.7 Å². The van der Waals surface area contributed by atoms with Crippen molar-refractivity contribution in [2.24, 2.45) is 0 Å². The van der Waals surface area contributed by atoms with Crippen molar-refractivity contribution in [1.29, 1.82) is 0 Å². The van der Waals surface area contributed by atoms with E-state index in [0.29, 0.717) is 54.3 Å². The van der Waals surface area contributed by atoms with E-state index in [0.717, 1.165) is 0 Å². The Bertz CT molecular complexity index is 1190. The fourth-order valence-corrected chi connectivity index (χ4v) is 4.32. The number of fused-ring (bicyclic) bond motifs is 1. The van der Waals surface area contributed by atoms with Crippen LogP contribution in [0.1, 0.15) is 44.0 Å². The number of rotatable bonds is 6. The molecule has 1 N–H and O–H groups in total. The molecule has 2 aromatic rings. The van der Waals surface area contributed by atoms with Gasteiger partial charge in [-0.1, -0.05) is 30.3 Å². The Kier molecular flexibility index (Phi) is 5.15. The Labute approximate surface area is 196 Å². The number of nitrogens with one attached hydrogen (secondary N) is 1. The molecule has 3 aliphatic heterocycles. The molecule has 8 nitrogen and oxygen atoms in total. The van der Waals surface area contributed by atoms with Crippen molar-refractivity contribution in [3.8, 4) is 5.75 Å². The van der Waals surface area contributed by atoms with Crippen LogP contribution in [0.15, 0.2) is 42.4 Å². The maximum Gasteiger partial charge on any atom is 0.255 e. The van der Waals surface area contributed by atoms with E-state index in [9.17, 15) is 14.4 Å². The van der Waals surface area contributed by atoms with Gasteiger partial charge >= 0.3 is 0 Å². The van der Waals surface area contributed by atoms with Gasteiger partial charge in [0.25, 0.3) is 5.91 Å². The van der Waals surface area contributed by atoms with Crippen LogP contribution in [0.4, 0.5) is 0 Å². The zero-order valence-corrected chi connectivity index (χ0v) is 18.1. The highest BCUT2D eigenvalue weighted by atomic mass is 16.5. The first-order valence-corrected chi connectivity index (χ1v) is 11.1. The van der Waals surface area contributed by atoms with E-state index in [1.54, 1.807) is 30.3 Å². The van der Waals surface area contributed by atoms with Crippen molar-refractivity contribution >= 4 is 17.7 Å². The third-order valence-corrected chi connectivity index (χ3v) is 6.12. The van der Waals surface area contributed by atoms with Gasteiger partial charge in [0.1, 0.15) is 18.4 Å². The minimum atomic E-state index is -0.800. The van der Waals surface area contributed by atoms with E-state index in [1.807, 2.05) is 4.90 Å². The summed E-state index contributed by atoms with van der Waals surface area (Å²) in [5.41, 5.74) is 2.09. The van der Waals surface area contributed by atoms with Crippen LogP contribution in [0.2, 0.25) is 0 Å². The molecule has 2 atom stereocenters. The highest BCUT2D eigenvalue weighted by Gasteiger charge is 2.40. The largest absolute Gasteiger partial charge is 0.489 e. The lowest BCUT2D eigenvalue weighted by molar-refractivity contribution is -0.136. The summed E-state index contributed by atoms with van der Waals surface area (Å²) in [6.07, 6.45) is 0.471. The fraction of sp³-hybridized carbons (Fsp3) is 0.400. The highest BCUT2D eigenvalue weighted by Crippen LogP contribution is 2.34. The SMILES string of the molecule is [2H]c1cc(COc2cccc3c2CN(C2CCC(=O)NC2=O)C3=O)cc([2H])c1C([2H])N1CCOCC1. The average Bonchev–Trinajstić information content (AvgIpc) is 3.19. The van der Waals surface area contributed by atoms with Crippen molar-refractivity contribution < 1.29 is 28.0 Å². The van der Waals surface area contributed by atoms with Crippen LogP contribution in [0, 0.1) is 0 Å². The van der Waals surface area contributed by atoms with E-state index in [1.165, 1.54) is 4.90 Å². The van der Waals surface area contributed by atoms with E-state index in [2.05, 4.69) is 5.32 Å². The second-order valence-corrected chi connectivity index (χ2v) is 8.31. The number of morpholine rings is 1. The van der Waals surface area contributed by atoms with Gasteiger partial charge in [0.15, 0.2) is 0 Å². The third-order valence-electron chi connectivity index (χ3n) is 6.12. The first kappa shape index (κ1) is 18.2. The van der Waals surface area contributed by atoms with Gasteiger partial charge < -0.3 is 14.4 Å². The minimum Gasteiger partial charge on any atom is -0.489 e. The van der Waals surface area contributed by atoms with Crippen LogP contribution >= 0.6 is 0 Å². The summed E-state index contributed by atoms with van der Waals surface area (Å²) in [5, 5.41) is 2.30. The monoisotopic (exact) mass is 452 g/mol. The van der Waals surface area contributed by atoms with Crippen LogP contribution in [0.25, 0.3) is 0 Å². The summed E-state index contributed by atoms with van der Waals surface area (Å²) in [5.74, 6) is -0.587. The highest BCUT2D eigenvalue weighted by molar-refractivity contribution is 6.05. The Morgan fingerprint density at radius 3 is 2.67 bits per heavy atom. The zero-order chi connectivity index (χ0) is 25.4. The van der Waals surface area contributed by atoms with Gasteiger partial charge in [0, 0.05) is 38.5 Å². The normalized spacial score (nSPS) is 23.4.